The van der Waals surface area contributed by atoms with Crippen molar-refractivity contribution in [2.45, 2.75) is 13.8 Å². The zero-order chi connectivity index (χ0) is 35.5. The first-order valence-corrected chi connectivity index (χ1v) is 17.2. The fraction of sp³-hybridized carbons (Fsp3) is 0.0645. The Morgan fingerprint density at radius 2 is 0.980 bits per heavy atom. The van der Waals surface area contributed by atoms with Crippen molar-refractivity contribution >= 4 is 38.8 Å². The van der Waals surface area contributed by atoms with E-state index in [2.05, 4.69) is 106 Å². The molecule has 0 unspecified atom stereocenters. The summed E-state index contributed by atoms with van der Waals surface area (Å²) in [5.74, 6) is 0. The summed E-state index contributed by atoms with van der Waals surface area (Å²) < 4.78 is 64.8. The Hall–Kier alpha value is -4.60. The Kier molecular flexibility index (Phi) is 16.8. The number of nitriles is 2. The van der Waals surface area contributed by atoms with Gasteiger partial charge in [0.2, 0.25) is 0 Å². The standard InChI is InChI=1S/C18H15P.C9H9BN6.2C2H3N.F6P.Ru/c1-4-10-16(11-5-1)19(17-12-6-2-7-13-17)18-14-8-3-9-15-18;1-4-11-14(7-1)10(15-8-2-5-12-15)16-9-3-6-13-16;2*1-2-3;1-7(2,3,4,5)6;/h1-15H;1-9H;2*1H3;;/q;;;;-1;+1/p+1. The molecule has 257 valence electrons. The molecule has 1 radical (unpaired) electrons. The number of H-pyrrole nitrogens is 1. The van der Waals surface area contributed by atoms with Crippen molar-refractivity contribution < 1.29 is 49.3 Å². The zero-order valence-corrected chi connectivity index (χ0v) is 29.6. The van der Waals surface area contributed by atoms with Gasteiger partial charge in [-0.1, -0.05) is 91.0 Å². The number of nitrogens with zero attached hydrogens (tertiary/aromatic N) is 7. The summed E-state index contributed by atoms with van der Waals surface area (Å²) in [4.78, 5) is 0. The van der Waals surface area contributed by atoms with Crippen LogP contribution in [0.4, 0.5) is 25.2 Å². The van der Waals surface area contributed by atoms with Gasteiger partial charge in [-0.3, -0.25) is 0 Å². The second-order valence-corrected chi connectivity index (χ2v) is 13.2. The quantitative estimate of drug-likeness (QED) is 0.107. The van der Waals surface area contributed by atoms with Crippen LogP contribution in [-0.4, -0.2) is 31.6 Å². The van der Waals surface area contributed by atoms with E-state index < -0.39 is 15.7 Å². The van der Waals surface area contributed by atoms with E-state index in [1.165, 1.54) is 29.8 Å². The van der Waals surface area contributed by atoms with Gasteiger partial charge in [-0.05, 0) is 36.0 Å². The van der Waals surface area contributed by atoms with Crippen LogP contribution in [0.2, 0.25) is 0 Å². The second-order valence-electron chi connectivity index (χ2n) is 9.11. The van der Waals surface area contributed by atoms with Crippen LogP contribution < -0.4 is 20.5 Å². The molecule has 0 aliphatic rings. The second kappa shape index (κ2) is 19.4. The van der Waals surface area contributed by atoms with Crippen LogP contribution in [0.15, 0.2) is 146 Å². The van der Waals surface area contributed by atoms with Crippen LogP contribution in [0.25, 0.3) is 0 Å². The third-order valence-corrected chi connectivity index (χ3v) is 7.83. The van der Waals surface area contributed by atoms with E-state index in [0.29, 0.717) is 0 Å². The minimum absolute atomic E-state index is 0. The molecule has 0 spiro atoms. The van der Waals surface area contributed by atoms with Crippen molar-refractivity contribution in [3.63, 3.8) is 0 Å². The number of nitrogens with one attached hydrogen (secondary N) is 1. The maximum Gasteiger partial charge on any atom is 1.00 e. The van der Waals surface area contributed by atoms with Crippen LogP contribution in [0.5, 0.6) is 0 Å². The molecular weight excluding hydrogens is 772 g/mol. The summed E-state index contributed by atoms with van der Waals surface area (Å²) in [6, 6.07) is 41.5. The number of aromatic amines is 1. The Labute approximate surface area is 294 Å². The van der Waals surface area contributed by atoms with Gasteiger partial charge in [0.15, 0.2) is 6.20 Å². The van der Waals surface area contributed by atoms with Gasteiger partial charge in [0, 0.05) is 44.7 Å². The zero-order valence-electron chi connectivity index (χ0n) is 26.1. The van der Waals surface area contributed by atoms with Gasteiger partial charge in [-0.2, -0.15) is 30.4 Å². The molecule has 3 aromatic carbocycles. The molecule has 0 amide bonds. The number of rotatable bonds is 6. The Bertz CT molecular complexity index is 1610. The SMILES string of the molecule is CC#N.CC#N.F[P-](F)(F)(F)(F)F.[Ru+].c1ccc(P(c2ccccc2)c2ccccc2)cc1.c1cnn(B(n2cccn2)[n+]2ccc[nH]2)c1. The van der Waals surface area contributed by atoms with Crippen molar-refractivity contribution in [1.29, 1.82) is 10.5 Å². The molecule has 0 aliphatic heterocycles. The van der Waals surface area contributed by atoms with E-state index in [1.807, 2.05) is 56.8 Å². The molecule has 0 saturated carbocycles. The van der Waals surface area contributed by atoms with Crippen molar-refractivity contribution in [2.75, 3.05) is 0 Å². The molecule has 0 fully saturated rings. The summed E-state index contributed by atoms with van der Waals surface area (Å²) in [7, 11) is -11.2. The molecular formula is C31H31BF6N8P2Ru+. The van der Waals surface area contributed by atoms with E-state index in [1.54, 1.807) is 24.5 Å². The van der Waals surface area contributed by atoms with E-state index in [4.69, 9.17) is 10.5 Å². The largest absolute Gasteiger partial charge is 1.00 e. The molecule has 1 N–H and O–H groups in total. The van der Waals surface area contributed by atoms with Crippen molar-refractivity contribution in [3.8, 4) is 12.1 Å². The topological polar surface area (TPSA) is 103 Å². The van der Waals surface area contributed by atoms with Crippen molar-refractivity contribution in [2.24, 2.45) is 0 Å². The fourth-order valence-corrected chi connectivity index (χ4v) is 6.15. The number of halogens is 6. The average Bonchev–Trinajstić information content (AvgIpc) is 3.85. The van der Waals surface area contributed by atoms with Gasteiger partial charge in [0.05, 0.1) is 18.3 Å². The van der Waals surface area contributed by atoms with E-state index in [9.17, 15) is 25.2 Å². The Balaban J connectivity index is 0.000000361. The number of hydrogen-bond donors (Lipinski definition) is 1. The summed E-state index contributed by atoms with van der Waals surface area (Å²) in [5.41, 5.74) is 0. The van der Waals surface area contributed by atoms with Crippen molar-refractivity contribution in [3.05, 3.63) is 146 Å². The first kappa shape index (κ1) is 42.4. The molecule has 3 heterocycles. The normalized spacial score (nSPS) is 11.2. The van der Waals surface area contributed by atoms with Crippen LogP contribution >= 0.6 is 15.7 Å². The maximum absolute atomic E-state index is 10.7. The minimum Gasteiger partial charge on any atom is -0.220 e. The van der Waals surface area contributed by atoms with Gasteiger partial charge < -0.3 is 0 Å². The first-order chi connectivity index (χ1) is 22.7. The molecule has 0 aliphatic carbocycles. The van der Waals surface area contributed by atoms with Crippen LogP contribution in [-0.2, 0) is 19.5 Å². The Morgan fingerprint density at radius 3 is 1.22 bits per heavy atom. The molecule has 6 rings (SSSR count). The third-order valence-electron chi connectivity index (χ3n) is 5.38. The van der Waals surface area contributed by atoms with E-state index in [-0.39, 0.29) is 26.6 Å². The first-order valence-electron chi connectivity index (χ1n) is 13.8. The van der Waals surface area contributed by atoms with Crippen LogP contribution in [0.1, 0.15) is 13.8 Å². The molecule has 49 heavy (non-hydrogen) atoms. The van der Waals surface area contributed by atoms with E-state index in [0.717, 1.165) is 0 Å². The summed E-state index contributed by atoms with van der Waals surface area (Å²) in [6.07, 6.45) is 11.1. The number of hydrogen-bond acceptors (Lipinski definition) is 4. The van der Waals surface area contributed by atoms with Crippen molar-refractivity contribution in [1.82, 2.24) is 24.5 Å². The molecule has 0 bridgehead atoms. The molecule has 0 saturated heterocycles. The summed E-state index contributed by atoms with van der Waals surface area (Å²) in [5, 5.41) is 30.4. The van der Waals surface area contributed by atoms with E-state index >= 15 is 0 Å². The molecule has 8 nitrogen and oxygen atoms in total. The van der Waals surface area contributed by atoms with Gasteiger partial charge in [0.25, 0.3) is 0 Å². The maximum atomic E-state index is 9.87. The monoisotopic (exact) mass is 804 g/mol. The van der Waals surface area contributed by atoms with Gasteiger partial charge >= 0.3 is 59.6 Å². The summed E-state index contributed by atoms with van der Waals surface area (Å²) >= 11 is 0. The smallest absolute Gasteiger partial charge is 0.220 e. The minimum atomic E-state index is -10.7. The Morgan fingerprint density at radius 1 is 0.653 bits per heavy atom. The van der Waals surface area contributed by atoms with Gasteiger partial charge in [-0.25, -0.2) is 9.19 Å². The molecule has 3 aromatic heterocycles. The molecule has 18 heteroatoms. The number of benzene rings is 3. The predicted molar refractivity (Wildman–Crippen MR) is 179 cm³/mol. The van der Waals surface area contributed by atoms with Crippen LogP contribution in [0.3, 0.4) is 0 Å². The molecule has 6 aromatic rings. The third kappa shape index (κ3) is 17.9. The van der Waals surface area contributed by atoms with Crippen LogP contribution in [0, 0.1) is 22.7 Å². The fourth-order valence-electron chi connectivity index (χ4n) is 3.84. The predicted octanol–water partition coefficient (Wildman–Crippen LogP) is 7.51. The van der Waals surface area contributed by atoms with Gasteiger partial charge in [0.1, 0.15) is 0 Å². The molecule has 0 atom stereocenters. The average molecular weight is 803 g/mol. The van der Waals surface area contributed by atoms with Gasteiger partial charge in [-0.15, -0.1) is 0 Å². The number of aromatic nitrogens is 6. The summed E-state index contributed by atoms with van der Waals surface area (Å²) in [6.45, 7) is 2.86.